The van der Waals surface area contributed by atoms with Crippen molar-refractivity contribution >= 4 is 23.2 Å². The Morgan fingerprint density at radius 2 is 1.60 bits per heavy atom. The van der Waals surface area contributed by atoms with Gasteiger partial charge in [0.2, 0.25) is 0 Å². The van der Waals surface area contributed by atoms with Gasteiger partial charge in [-0.3, -0.25) is 0 Å². The van der Waals surface area contributed by atoms with Crippen LogP contribution in [0.5, 0.6) is 0 Å². The van der Waals surface area contributed by atoms with Gasteiger partial charge in [-0.25, -0.2) is 0 Å². The molecule has 0 aliphatic rings. The summed E-state index contributed by atoms with van der Waals surface area (Å²) >= 11 is 11.9. The zero-order valence-electron chi connectivity index (χ0n) is 9.47. The van der Waals surface area contributed by atoms with Gasteiger partial charge >= 0.3 is 0 Å². The molecule has 0 aliphatic heterocycles. The normalized spacial score (nSPS) is 14.0. The summed E-state index contributed by atoms with van der Waals surface area (Å²) in [5.41, 5.74) is 0.868. The lowest BCUT2D eigenvalue weighted by atomic mass is 9.86. The number of rotatable bonds is 3. The van der Waals surface area contributed by atoms with Gasteiger partial charge in [0.1, 0.15) is 0 Å². The lowest BCUT2D eigenvalue weighted by molar-refractivity contribution is 0.00323. The van der Waals surface area contributed by atoms with Gasteiger partial charge in [0.15, 0.2) is 0 Å². The average Bonchev–Trinajstić information content (AvgIpc) is 2.15. The molecule has 0 saturated carbocycles. The molecule has 0 N–H and O–H groups in total. The van der Waals surface area contributed by atoms with Gasteiger partial charge in [0.25, 0.3) is 0 Å². The first-order valence-electron chi connectivity index (χ1n) is 4.88. The molecule has 0 fully saturated rings. The predicted molar refractivity (Wildman–Crippen MR) is 66.0 cm³/mol. The Morgan fingerprint density at radius 3 is 2.00 bits per heavy atom. The molecule has 0 amide bonds. The molecular weight excluding hydrogens is 231 g/mol. The summed E-state index contributed by atoms with van der Waals surface area (Å²) in [5, 5.41) is 1.33. The Hall–Kier alpha value is -0.240. The van der Waals surface area contributed by atoms with Crippen LogP contribution in [-0.4, -0.2) is 12.7 Å². The van der Waals surface area contributed by atoms with Gasteiger partial charge in [-0.2, -0.15) is 0 Å². The van der Waals surface area contributed by atoms with Crippen LogP contribution in [-0.2, 0) is 4.74 Å². The largest absolute Gasteiger partial charge is 0.378 e. The van der Waals surface area contributed by atoms with Gasteiger partial charge in [-0.15, -0.1) is 0 Å². The quantitative estimate of drug-likeness (QED) is 0.762. The Morgan fingerprint density at radius 1 is 1.13 bits per heavy atom. The minimum Gasteiger partial charge on any atom is -0.378 e. The molecule has 84 valence electrons. The van der Waals surface area contributed by atoms with E-state index in [1.54, 1.807) is 13.2 Å². The second kappa shape index (κ2) is 4.73. The highest BCUT2D eigenvalue weighted by molar-refractivity contribution is 6.34. The molecule has 3 heteroatoms. The van der Waals surface area contributed by atoms with Crippen molar-refractivity contribution < 1.29 is 4.74 Å². The van der Waals surface area contributed by atoms with E-state index in [2.05, 4.69) is 6.92 Å². The fourth-order valence-corrected chi connectivity index (χ4v) is 1.95. The predicted octanol–water partition coefficient (Wildman–Crippen LogP) is 4.52. The minimum atomic E-state index is -0.228. The van der Waals surface area contributed by atoms with Crippen LogP contribution in [0.25, 0.3) is 0 Å². The maximum Gasteiger partial charge on any atom is 0.0688 e. The Kier molecular flexibility index (Phi) is 4.05. The lowest BCUT2D eigenvalue weighted by Crippen LogP contribution is -2.29. The van der Waals surface area contributed by atoms with Crippen molar-refractivity contribution in [1.82, 2.24) is 0 Å². The molecule has 1 aromatic carbocycles. The van der Waals surface area contributed by atoms with Gasteiger partial charge < -0.3 is 4.74 Å². The maximum atomic E-state index is 5.96. The second-order valence-electron chi connectivity index (χ2n) is 4.23. The van der Waals surface area contributed by atoms with Crippen molar-refractivity contribution in [2.45, 2.75) is 32.3 Å². The lowest BCUT2D eigenvalue weighted by Gasteiger charge is -2.30. The van der Waals surface area contributed by atoms with E-state index in [0.29, 0.717) is 10.0 Å². The highest BCUT2D eigenvalue weighted by atomic mass is 35.5. The Balaban J connectivity index is 3.06. The van der Waals surface area contributed by atoms with Crippen molar-refractivity contribution in [2.24, 2.45) is 0 Å². The highest BCUT2D eigenvalue weighted by Crippen LogP contribution is 2.33. The smallest absolute Gasteiger partial charge is 0.0688 e. The van der Waals surface area contributed by atoms with Crippen LogP contribution in [0.15, 0.2) is 18.2 Å². The fraction of sp³-hybridized carbons (Fsp3) is 0.500. The number of halogens is 2. The van der Waals surface area contributed by atoms with E-state index in [9.17, 15) is 0 Å². The number of ether oxygens (including phenoxy) is 1. The highest BCUT2D eigenvalue weighted by Gasteiger charge is 2.26. The monoisotopic (exact) mass is 246 g/mol. The summed E-state index contributed by atoms with van der Waals surface area (Å²) in [6.45, 7) is 6.20. The van der Waals surface area contributed by atoms with E-state index in [-0.39, 0.29) is 11.5 Å². The molecule has 1 nitrogen and oxygen atoms in total. The molecular formula is C12H16Cl2O. The molecule has 0 heterocycles. The summed E-state index contributed by atoms with van der Waals surface area (Å²) in [6, 6.07) is 5.59. The molecule has 0 aromatic heterocycles. The molecule has 0 unspecified atom stereocenters. The van der Waals surface area contributed by atoms with Gasteiger partial charge in [0.05, 0.1) is 5.60 Å². The van der Waals surface area contributed by atoms with Crippen LogP contribution in [0.1, 0.15) is 32.3 Å². The van der Waals surface area contributed by atoms with Crippen molar-refractivity contribution in [2.75, 3.05) is 7.11 Å². The van der Waals surface area contributed by atoms with Crippen LogP contribution in [0, 0.1) is 0 Å². The van der Waals surface area contributed by atoms with Crippen molar-refractivity contribution in [3.63, 3.8) is 0 Å². The van der Waals surface area contributed by atoms with E-state index < -0.39 is 0 Å². The van der Waals surface area contributed by atoms with E-state index in [0.717, 1.165) is 5.56 Å². The third-order valence-corrected chi connectivity index (χ3v) is 3.39. The molecule has 1 atom stereocenters. The molecule has 1 rings (SSSR count). The molecule has 0 radical (unpaired) electrons. The summed E-state index contributed by atoms with van der Waals surface area (Å²) in [6.07, 6.45) is 0. The van der Waals surface area contributed by atoms with E-state index >= 15 is 0 Å². The zero-order chi connectivity index (χ0) is 11.6. The van der Waals surface area contributed by atoms with Crippen molar-refractivity contribution in [3.8, 4) is 0 Å². The SMILES string of the molecule is COC(C)(C)[C@H](C)c1cc(Cl)cc(Cl)c1. The van der Waals surface area contributed by atoms with Gasteiger partial charge in [-0.1, -0.05) is 30.1 Å². The molecule has 0 aliphatic carbocycles. The summed E-state index contributed by atoms with van der Waals surface area (Å²) < 4.78 is 5.45. The third-order valence-electron chi connectivity index (χ3n) is 2.95. The molecule has 1 aromatic rings. The van der Waals surface area contributed by atoms with Crippen LogP contribution in [0.3, 0.4) is 0 Å². The van der Waals surface area contributed by atoms with Crippen molar-refractivity contribution in [1.29, 1.82) is 0 Å². The first-order chi connectivity index (χ1) is 6.86. The Labute approximate surface area is 101 Å². The van der Waals surface area contributed by atoms with E-state index in [4.69, 9.17) is 27.9 Å². The standard InChI is InChI=1S/C12H16Cl2O/c1-8(12(2,3)15-4)9-5-10(13)7-11(14)6-9/h5-8H,1-4H3/t8-/m1/s1. The second-order valence-corrected chi connectivity index (χ2v) is 5.10. The third kappa shape index (κ3) is 3.10. The van der Waals surface area contributed by atoms with Crippen LogP contribution in [0.2, 0.25) is 10.0 Å². The number of methoxy groups -OCH3 is 1. The van der Waals surface area contributed by atoms with Crippen LogP contribution < -0.4 is 0 Å². The van der Waals surface area contributed by atoms with Crippen LogP contribution in [0.4, 0.5) is 0 Å². The number of hydrogen-bond acceptors (Lipinski definition) is 1. The summed E-state index contributed by atoms with van der Waals surface area (Å²) in [4.78, 5) is 0. The molecule has 0 saturated heterocycles. The average molecular weight is 247 g/mol. The van der Waals surface area contributed by atoms with Crippen LogP contribution >= 0.6 is 23.2 Å². The first kappa shape index (κ1) is 12.8. The Bertz CT molecular complexity index is 327. The summed E-state index contributed by atoms with van der Waals surface area (Å²) in [7, 11) is 1.71. The van der Waals surface area contributed by atoms with E-state index in [1.807, 2.05) is 26.0 Å². The summed E-state index contributed by atoms with van der Waals surface area (Å²) in [5.74, 6) is 0.235. The zero-order valence-corrected chi connectivity index (χ0v) is 11.0. The van der Waals surface area contributed by atoms with E-state index in [1.165, 1.54) is 0 Å². The molecule has 15 heavy (non-hydrogen) atoms. The van der Waals surface area contributed by atoms with Gasteiger partial charge in [0, 0.05) is 23.1 Å². The maximum absolute atomic E-state index is 5.96. The minimum absolute atomic E-state index is 0.228. The number of hydrogen-bond donors (Lipinski definition) is 0. The van der Waals surface area contributed by atoms with Crippen molar-refractivity contribution in [3.05, 3.63) is 33.8 Å². The fourth-order valence-electron chi connectivity index (χ4n) is 1.40. The molecule has 0 bridgehead atoms. The van der Waals surface area contributed by atoms with Gasteiger partial charge in [-0.05, 0) is 37.6 Å². The molecule has 0 spiro atoms. The number of benzene rings is 1. The first-order valence-corrected chi connectivity index (χ1v) is 5.63. The topological polar surface area (TPSA) is 9.23 Å².